The maximum Gasteiger partial charge on any atom is 0.242 e. The number of carbonyl (C=O) groups is 2. The summed E-state index contributed by atoms with van der Waals surface area (Å²) >= 11 is 0. The fraction of sp³-hybridized carbons (Fsp3) is 0.733. The van der Waals surface area contributed by atoms with Crippen molar-refractivity contribution in [3.05, 3.63) is 12.7 Å². The molecule has 0 spiro atoms. The Hall–Kier alpha value is -2.00. The number of hydrogen-bond acceptors (Lipinski definition) is 6. The van der Waals surface area contributed by atoms with E-state index in [0.29, 0.717) is 39.2 Å². The Morgan fingerprint density at radius 3 is 3.21 bits per heavy atom. The number of hydrogen-bond donors (Lipinski definition) is 2. The van der Waals surface area contributed by atoms with Crippen LogP contribution in [0.15, 0.2) is 12.7 Å². The smallest absolute Gasteiger partial charge is 0.242 e. The molecule has 2 aliphatic heterocycles. The second-order valence-corrected chi connectivity index (χ2v) is 6.25. The molecule has 24 heavy (non-hydrogen) atoms. The third-order valence-electron chi connectivity index (χ3n) is 4.32. The summed E-state index contributed by atoms with van der Waals surface area (Å²) in [5.74, 6) is -0.189. The van der Waals surface area contributed by atoms with Gasteiger partial charge >= 0.3 is 0 Å². The molecule has 2 N–H and O–H groups in total. The van der Waals surface area contributed by atoms with Gasteiger partial charge < -0.3 is 15.4 Å². The summed E-state index contributed by atoms with van der Waals surface area (Å²) in [6.07, 6.45) is 5.74. The van der Waals surface area contributed by atoms with Gasteiger partial charge in [0.15, 0.2) is 0 Å². The van der Waals surface area contributed by atoms with Crippen molar-refractivity contribution in [3.8, 4) is 0 Å². The minimum atomic E-state index is -0.410. The zero-order valence-corrected chi connectivity index (χ0v) is 13.7. The Bertz CT molecular complexity index is 549. The number of nitrogens with zero attached hydrogens (tertiary/aromatic N) is 4. The zero-order chi connectivity index (χ0) is 16.8. The first-order valence-corrected chi connectivity index (χ1v) is 8.44. The van der Waals surface area contributed by atoms with Crippen LogP contribution in [-0.2, 0) is 20.9 Å². The van der Waals surface area contributed by atoms with Crippen molar-refractivity contribution in [3.63, 3.8) is 0 Å². The van der Waals surface area contributed by atoms with E-state index in [1.807, 2.05) is 0 Å². The Morgan fingerprint density at radius 1 is 1.46 bits per heavy atom. The highest BCUT2D eigenvalue weighted by Gasteiger charge is 2.26. The lowest BCUT2D eigenvalue weighted by Gasteiger charge is -2.32. The summed E-state index contributed by atoms with van der Waals surface area (Å²) in [7, 11) is 0. The third-order valence-corrected chi connectivity index (χ3v) is 4.32. The van der Waals surface area contributed by atoms with Crippen LogP contribution in [0.25, 0.3) is 0 Å². The van der Waals surface area contributed by atoms with Crippen LogP contribution < -0.4 is 10.6 Å². The number of rotatable bonds is 5. The summed E-state index contributed by atoms with van der Waals surface area (Å²) in [5.41, 5.74) is 0. The van der Waals surface area contributed by atoms with Crippen molar-refractivity contribution in [2.45, 2.75) is 38.0 Å². The summed E-state index contributed by atoms with van der Waals surface area (Å²) in [6.45, 7) is 3.53. The Morgan fingerprint density at radius 2 is 2.38 bits per heavy atom. The molecule has 132 valence electrons. The fourth-order valence-electron chi connectivity index (χ4n) is 3.09. The van der Waals surface area contributed by atoms with Crippen molar-refractivity contribution in [1.82, 2.24) is 30.3 Å². The van der Waals surface area contributed by atoms with Crippen molar-refractivity contribution >= 4 is 11.8 Å². The predicted octanol–water partition coefficient (Wildman–Crippen LogP) is -1.24. The normalized spacial score (nSPS) is 25.8. The molecule has 0 bridgehead atoms. The SMILES string of the molecule is O=C(CN1CCOC(Cn2cncn2)C1)NC1CCCCNC1=O. The third kappa shape index (κ3) is 4.75. The van der Waals surface area contributed by atoms with E-state index in [2.05, 4.69) is 25.6 Å². The second-order valence-electron chi connectivity index (χ2n) is 6.25. The van der Waals surface area contributed by atoms with Crippen LogP contribution in [0.1, 0.15) is 19.3 Å². The van der Waals surface area contributed by atoms with Gasteiger partial charge in [0.2, 0.25) is 11.8 Å². The van der Waals surface area contributed by atoms with Crippen LogP contribution in [0, 0.1) is 0 Å². The molecule has 2 saturated heterocycles. The lowest BCUT2D eigenvalue weighted by Crippen LogP contribution is -2.51. The molecule has 1 aromatic rings. The predicted molar refractivity (Wildman–Crippen MR) is 85.0 cm³/mol. The molecule has 0 aromatic carbocycles. The van der Waals surface area contributed by atoms with Gasteiger partial charge in [-0.25, -0.2) is 4.98 Å². The highest BCUT2D eigenvalue weighted by molar-refractivity contribution is 5.88. The lowest BCUT2D eigenvalue weighted by molar-refractivity contribution is -0.130. The van der Waals surface area contributed by atoms with Gasteiger partial charge in [-0.15, -0.1) is 0 Å². The summed E-state index contributed by atoms with van der Waals surface area (Å²) in [4.78, 5) is 30.1. The summed E-state index contributed by atoms with van der Waals surface area (Å²) in [5, 5.41) is 9.76. The quantitative estimate of drug-likeness (QED) is 0.698. The topological polar surface area (TPSA) is 101 Å². The zero-order valence-electron chi connectivity index (χ0n) is 13.7. The fourth-order valence-corrected chi connectivity index (χ4v) is 3.09. The van der Waals surface area contributed by atoms with E-state index in [0.717, 1.165) is 12.8 Å². The van der Waals surface area contributed by atoms with Crippen LogP contribution in [-0.4, -0.2) is 76.4 Å². The standard InChI is InChI=1S/C15H24N6O3/c22-14(19-13-3-1-2-4-17-15(13)23)9-20-5-6-24-12(7-20)8-21-11-16-10-18-21/h10-13H,1-9H2,(H,17,23)(H,19,22). The molecule has 9 nitrogen and oxygen atoms in total. The van der Waals surface area contributed by atoms with Crippen molar-refractivity contribution in [2.24, 2.45) is 0 Å². The number of aromatic nitrogens is 3. The van der Waals surface area contributed by atoms with Gasteiger partial charge in [-0.05, 0) is 19.3 Å². The molecule has 0 saturated carbocycles. The Kier molecular flexibility index (Phi) is 5.76. The van der Waals surface area contributed by atoms with Gasteiger partial charge in [-0.2, -0.15) is 5.10 Å². The molecule has 0 aliphatic carbocycles. The first-order chi connectivity index (χ1) is 11.7. The van der Waals surface area contributed by atoms with Gasteiger partial charge in [0.1, 0.15) is 18.7 Å². The van der Waals surface area contributed by atoms with Crippen LogP contribution in [0.5, 0.6) is 0 Å². The first-order valence-electron chi connectivity index (χ1n) is 8.44. The van der Waals surface area contributed by atoms with E-state index >= 15 is 0 Å². The number of carbonyl (C=O) groups excluding carboxylic acids is 2. The first kappa shape index (κ1) is 16.8. The Labute approximate surface area is 140 Å². The van der Waals surface area contributed by atoms with Crippen molar-refractivity contribution in [1.29, 1.82) is 0 Å². The average molecular weight is 336 g/mol. The number of amides is 2. The van der Waals surface area contributed by atoms with Crippen molar-refractivity contribution < 1.29 is 14.3 Å². The van der Waals surface area contributed by atoms with Crippen LogP contribution in [0.2, 0.25) is 0 Å². The second kappa shape index (κ2) is 8.20. The number of morpholine rings is 1. The van der Waals surface area contributed by atoms with Gasteiger partial charge in [0.05, 0.1) is 25.8 Å². The maximum atomic E-state index is 12.3. The van der Waals surface area contributed by atoms with E-state index in [4.69, 9.17) is 4.74 Å². The van der Waals surface area contributed by atoms with Gasteiger partial charge in [-0.3, -0.25) is 19.2 Å². The van der Waals surface area contributed by atoms with Crippen molar-refractivity contribution in [2.75, 3.05) is 32.8 Å². The largest absolute Gasteiger partial charge is 0.374 e. The molecule has 2 fully saturated rings. The van der Waals surface area contributed by atoms with E-state index < -0.39 is 6.04 Å². The highest BCUT2D eigenvalue weighted by atomic mass is 16.5. The van der Waals surface area contributed by atoms with Crippen LogP contribution in [0.4, 0.5) is 0 Å². The van der Waals surface area contributed by atoms with Crippen LogP contribution >= 0.6 is 0 Å². The molecule has 9 heteroatoms. The molecule has 2 aliphatic rings. The van der Waals surface area contributed by atoms with Gasteiger partial charge in [-0.1, -0.05) is 0 Å². The number of ether oxygens (including phenoxy) is 1. The molecule has 0 radical (unpaired) electrons. The van der Waals surface area contributed by atoms with E-state index in [1.54, 1.807) is 11.0 Å². The molecule has 1 aromatic heterocycles. The lowest BCUT2D eigenvalue weighted by atomic mass is 10.1. The van der Waals surface area contributed by atoms with Crippen LogP contribution in [0.3, 0.4) is 0 Å². The van der Waals surface area contributed by atoms with E-state index in [1.165, 1.54) is 6.33 Å². The Balaban J connectivity index is 1.45. The summed E-state index contributed by atoms with van der Waals surface area (Å²) in [6, 6.07) is -0.410. The molecule has 2 atom stereocenters. The molecular formula is C15H24N6O3. The van der Waals surface area contributed by atoms with E-state index in [-0.39, 0.29) is 24.5 Å². The molecule has 3 rings (SSSR count). The summed E-state index contributed by atoms with van der Waals surface area (Å²) < 4.78 is 7.45. The van der Waals surface area contributed by atoms with Gasteiger partial charge in [0.25, 0.3) is 0 Å². The monoisotopic (exact) mass is 336 g/mol. The molecular weight excluding hydrogens is 312 g/mol. The molecule has 2 unspecified atom stereocenters. The number of nitrogens with one attached hydrogen (secondary N) is 2. The molecule has 2 amide bonds. The maximum absolute atomic E-state index is 12.3. The minimum Gasteiger partial charge on any atom is -0.374 e. The van der Waals surface area contributed by atoms with Gasteiger partial charge in [0, 0.05) is 19.6 Å². The molecule has 3 heterocycles. The highest BCUT2D eigenvalue weighted by Crippen LogP contribution is 2.08. The minimum absolute atomic E-state index is 0.0190. The average Bonchev–Trinajstić information content (AvgIpc) is 2.98. The van der Waals surface area contributed by atoms with E-state index in [9.17, 15) is 9.59 Å².